The fourth-order valence-corrected chi connectivity index (χ4v) is 2.79. The molecule has 0 saturated heterocycles. The van der Waals surface area contributed by atoms with Crippen molar-refractivity contribution in [3.8, 4) is 0 Å². The van der Waals surface area contributed by atoms with E-state index >= 15 is 0 Å². The molecule has 15 heavy (non-hydrogen) atoms. The van der Waals surface area contributed by atoms with Gasteiger partial charge in [-0.25, -0.2) is 0 Å². The van der Waals surface area contributed by atoms with Crippen LogP contribution in [-0.2, 0) is 19.3 Å². The molecule has 0 heterocycles. The lowest BCUT2D eigenvalue weighted by Gasteiger charge is -2.14. The molecule has 0 spiro atoms. The van der Waals surface area contributed by atoms with Crippen LogP contribution in [0.2, 0.25) is 0 Å². The average Bonchev–Trinajstić information content (AvgIpc) is 2.88. The molecule has 0 aliphatic heterocycles. The van der Waals surface area contributed by atoms with E-state index in [0.717, 1.165) is 0 Å². The summed E-state index contributed by atoms with van der Waals surface area (Å²) in [7, 11) is 2.10. The lowest BCUT2D eigenvalue weighted by molar-refractivity contribution is 0.548. The second-order valence-corrected chi connectivity index (χ2v) is 5.16. The topological polar surface area (TPSA) is 12.0 Å². The van der Waals surface area contributed by atoms with E-state index in [-0.39, 0.29) is 0 Å². The summed E-state index contributed by atoms with van der Waals surface area (Å²) >= 11 is 0. The van der Waals surface area contributed by atoms with Crippen molar-refractivity contribution in [2.45, 2.75) is 44.1 Å². The summed E-state index contributed by atoms with van der Waals surface area (Å²) in [6, 6.07) is 7.13. The Morgan fingerprint density at radius 1 is 1.20 bits per heavy atom. The third-order valence-electron chi connectivity index (χ3n) is 4.09. The fraction of sp³-hybridized carbons (Fsp3) is 0.571. The van der Waals surface area contributed by atoms with Gasteiger partial charge in [-0.1, -0.05) is 18.2 Å². The van der Waals surface area contributed by atoms with Crippen LogP contribution in [0, 0.1) is 0 Å². The molecule has 0 unspecified atom stereocenters. The average molecular weight is 201 g/mol. The van der Waals surface area contributed by atoms with E-state index in [1.165, 1.54) is 44.1 Å². The SMILES string of the molecule is CNC1(Cc2ccc3c(c2)CCC3)CC1. The van der Waals surface area contributed by atoms with Gasteiger partial charge in [0.05, 0.1) is 0 Å². The monoisotopic (exact) mass is 201 g/mol. The largest absolute Gasteiger partial charge is 0.314 e. The Bertz CT molecular complexity index is 377. The van der Waals surface area contributed by atoms with Crippen molar-refractivity contribution in [2.75, 3.05) is 7.05 Å². The summed E-state index contributed by atoms with van der Waals surface area (Å²) in [6.07, 6.45) is 7.87. The van der Waals surface area contributed by atoms with E-state index in [1.807, 2.05) is 0 Å². The number of hydrogen-bond donors (Lipinski definition) is 1. The van der Waals surface area contributed by atoms with Gasteiger partial charge < -0.3 is 5.32 Å². The predicted molar refractivity (Wildman–Crippen MR) is 63.2 cm³/mol. The van der Waals surface area contributed by atoms with E-state index < -0.39 is 0 Å². The number of fused-ring (bicyclic) bond motifs is 1. The molecule has 1 heteroatoms. The van der Waals surface area contributed by atoms with Crippen molar-refractivity contribution >= 4 is 0 Å². The van der Waals surface area contributed by atoms with Crippen molar-refractivity contribution in [1.29, 1.82) is 0 Å². The molecule has 0 amide bonds. The molecule has 0 atom stereocenters. The van der Waals surface area contributed by atoms with Crippen LogP contribution < -0.4 is 5.32 Å². The third-order valence-corrected chi connectivity index (χ3v) is 4.09. The standard InChI is InChI=1S/C14H19N/c1-15-14(7-8-14)10-11-5-6-12-3-2-4-13(12)9-11/h5-6,9,15H,2-4,7-8,10H2,1H3. The van der Waals surface area contributed by atoms with Gasteiger partial charge in [-0.15, -0.1) is 0 Å². The minimum Gasteiger partial charge on any atom is -0.314 e. The summed E-state index contributed by atoms with van der Waals surface area (Å²) in [4.78, 5) is 0. The van der Waals surface area contributed by atoms with Gasteiger partial charge in [0, 0.05) is 5.54 Å². The normalized spacial score (nSPS) is 21.4. The molecular weight excluding hydrogens is 182 g/mol. The zero-order valence-corrected chi connectivity index (χ0v) is 9.47. The Kier molecular flexibility index (Phi) is 2.10. The molecule has 1 aromatic carbocycles. The van der Waals surface area contributed by atoms with E-state index in [1.54, 1.807) is 11.1 Å². The molecular formula is C14H19N. The zero-order chi connectivity index (χ0) is 10.3. The highest BCUT2D eigenvalue weighted by Crippen LogP contribution is 2.38. The molecule has 0 aromatic heterocycles. The lowest BCUT2D eigenvalue weighted by Crippen LogP contribution is -2.29. The Morgan fingerprint density at radius 3 is 2.73 bits per heavy atom. The Labute approximate surface area is 91.9 Å². The summed E-state index contributed by atoms with van der Waals surface area (Å²) in [5.74, 6) is 0. The highest BCUT2D eigenvalue weighted by molar-refractivity contribution is 5.36. The van der Waals surface area contributed by atoms with Gasteiger partial charge in [0.2, 0.25) is 0 Å². The highest BCUT2D eigenvalue weighted by Gasteiger charge is 2.40. The number of likely N-dealkylation sites (N-methyl/N-ethyl adjacent to an activating group) is 1. The molecule has 2 aliphatic carbocycles. The first-order valence-corrected chi connectivity index (χ1v) is 6.11. The maximum absolute atomic E-state index is 3.47. The van der Waals surface area contributed by atoms with Crippen molar-refractivity contribution in [3.63, 3.8) is 0 Å². The number of hydrogen-bond acceptors (Lipinski definition) is 1. The molecule has 0 radical (unpaired) electrons. The first kappa shape index (κ1) is 9.41. The minimum absolute atomic E-state index is 0.451. The second kappa shape index (κ2) is 3.34. The van der Waals surface area contributed by atoms with E-state index in [4.69, 9.17) is 0 Å². The lowest BCUT2D eigenvalue weighted by atomic mass is 10.00. The van der Waals surface area contributed by atoms with Crippen molar-refractivity contribution < 1.29 is 0 Å². The zero-order valence-electron chi connectivity index (χ0n) is 9.47. The molecule has 1 nitrogen and oxygen atoms in total. The molecule has 1 aromatic rings. The smallest absolute Gasteiger partial charge is 0.0220 e. The Balaban J connectivity index is 1.81. The second-order valence-electron chi connectivity index (χ2n) is 5.16. The van der Waals surface area contributed by atoms with Crippen molar-refractivity contribution in [3.05, 3.63) is 34.9 Å². The van der Waals surface area contributed by atoms with Crippen LogP contribution in [0.25, 0.3) is 0 Å². The summed E-state index contributed by atoms with van der Waals surface area (Å²) in [5.41, 5.74) is 5.18. The fourth-order valence-electron chi connectivity index (χ4n) is 2.79. The van der Waals surface area contributed by atoms with Crippen LogP contribution >= 0.6 is 0 Å². The van der Waals surface area contributed by atoms with E-state index in [0.29, 0.717) is 5.54 Å². The van der Waals surface area contributed by atoms with Crippen LogP contribution in [0.1, 0.15) is 36.0 Å². The number of benzene rings is 1. The quantitative estimate of drug-likeness (QED) is 0.792. The predicted octanol–water partition coefficient (Wildman–Crippen LogP) is 2.47. The molecule has 1 saturated carbocycles. The first-order valence-electron chi connectivity index (χ1n) is 6.11. The van der Waals surface area contributed by atoms with Crippen molar-refractivity contribution in [1.82, 2.24) is 5.32 Å². The van der Waals surface area contributed by atoms with Gasteiger partial charge in [0.1, 0.15) is 0 Å². The third kappa shape index (κ3) is 1.69. The molecule has 80 valence electrons. The summed E-state index contributed by atoms with van der Waals surface area (Å²) in [5, 5.41) is 3.47. The van der Waals surface area contributed by atoms with Crippen LogP contribution in [0.5, 0.6) is 0 Å². The Hall–Kier alpha value is -0.820. The number of nitrogens with one attached hydrogen (secondary N) is 1. The van der Waals surface area contributed by atoms with E-state index in [9.17, 15) is 0 Å². The van der Waals surface area contributed by atoms with Crippen LogP contribution in [0.15, 0.2) is 18.2 Å². The highest BCUT2D eigenvalue weighted by atomic mass is 15.0. The maximum atomic E-state index is 3.47. The van der Waals surface area contributed by atoms with Gasteiger partial charge in [-0.05, 0) is 62.3 Å². The van der Waals surface area contributed by atoms with Crippen LogP contribution in [0.3, 0.4) is 0 Å². The van der Waals surface area contributed by atoms with Crippen LogP contribution in [0.4, 0.5) is 0 Å². The molecule has 1 fully saturated rings. The number of rotatable bonds is 3. The Morgan fingerprint density at radius 2 is 2.00 bits per heavy atom. The molecule has 1 N–H and O–H groups in total. The van der Waals surface area contributed by atoms with Gasteiger partial charge in [-0.2, -0.15) is 0 Å². The summed E-state index contributed by atoms with van der Waals surface area (Å²) in [6.45, 7) is 0. The van der Waals surface area contributed by atoms with Gasteiger partial charge >= 0.3 is 0 Å². The van der Waals surface area contributed by atoms with Gasteiger partial charge in [0.25, 0.3) is 0 Å². The van der Waals surface area contributed by atoms with Gasteiger partial charge in [0.15, 0.2) is 0 Å². The van der Waals surface area contributed by atoms with Gasteiger partial charge in [-0.3, -0.25) is 0 Å². The maximum Gasteiger partial charge on any atom is 0.0220 e. The van der Waals surface area contributed by atoms with Crippen LogP contribution in [-0.4, -0.2) is 12.6 Å². The molecule has 0 bridgehead atoms. The van der Waals surface area contributed by atoms with E-state index in [2.05, 4.69) is 30.6 Å². The molecule has 3 rings (SSSR count). The number of aryl methyl sites for hydroxylation is 2. The summed E-state index contributed by atoms with van der Waals surface area (Å²) < 4.78 is 0. The minimum atomic E-state index is 0.451. The van der Waals surface area contributed by atoms with Crippen molar-refractivity contribution in [2.24, 2.45) is 0 Å². The molecule has 2 aliphatic rings. The first-order chi connectivity index (χ1) is 7.31.